The zero-order valence-corrected chi connectivity index (χ0v) is 15.3. The van der Waals surface area contributed by atoms with Gasteiger partial charge in [0.2, 0.25) is 10.0 Å². The first-order valence-electron chi connectivity index (χ1n) is 7.69. The average Bonchev–Trinajstić information content (AvgIpc) is 3.20. The Morgan fingerprint density at radius 2 is 2.04 bits per heavy atom. The van der Waals surface area contributed by atoms with Gasteiger partial charge < -0.3 is 0 Å². The second-order valence-electron chi connectivity index (χ2n) is 5.70. The lowest BCUT2D eigenvalue weighted by atomic mass is 10.2. The van der Waals surface area contributed by atoms with Crippen LogP contribution in [0.15, 0.2) is 40.6 Å². The van der Waals surface area contributed by atoms with Crippen molar-refractivity contribution >= 4 is 33.0 Å². The fraction of sp³-hybridized carbons (Fsp3) is 0.375. The van der Waals surface area contributed by atoms with E-state index < -0.39 is 15.8 Å². The second kappa shape index (κ2) is 7.49. The van der Waals surface area contributed by atoms with E-state index in [1.807, 2.05) is 17.5 Å². The Morgan fingerprint density at radius 3 is 2.67 bits per heavy atom. The van der Waals surface area contributed by atoms with Crippen molar-refractivity contribution in [3.8, 4) is 0 Å². The van der Waals surface area contributed by atoms with Gasteiger partial charge in [-0.15, -0.1) is 11.3 Å². The topological polar surface area (TPSA) is 49.4 Å². The quantitative estimate of drug-likeness (QED) is 0.821. The standard InChI is InChI=1S/C16H18ClFN2O2S2/c17-13-10-12(18)5-6-16(13)24(21,22)19-11-14(15-4-3-9-23-15)20-7-1-2-8-20/h3-6,9-10,14,19H,1-2,7-8,11H2/t14-/m0/s1. The third kappa shape index (κ3) is 3.97. The zero-order valence-electron chi connectivity index (χ0n) is 12.9. The fourth-order valence-electron chi connectivity index (χ4n) is 2.90. The second-order valence-corrected chi connectivity index (χ2v) is 8.82. The van der Waals surface area contributed by atoms with Gasteiger partial charge >= 0.3 is 0 Å². The first-order valence-corrected chi connectivity index (χ1v) is 10.4. The molecule has 1 aromatic carbocycles. The highest BCUT2D eigenvalue weighted by atomic mass is 35.5. The van der Waals surface area contributed by atoms with Crippen LogP contribution in [0.25, 0.3) is 0 Å². The van der Waals surface area contributed by atoms with E-state index in [4.69, 9.17) is 11.6 Å². The third-order valence-electron chi connectivity index (χ3n) is 4.10. The van der Waals surface area contributed by atoms with E-state index in [0.717, 1.165) is 42.9 Å². The number of halogens is 2. The Labute approximate surface area is 150 Å². The predicted octanol–water partition coefficient (Wildman–Crippen LogP) is 3.66. The summed E-state index contributed by atoms with van der Waals surface area (Å²) < 4.78 is 40.8. The summed E-state index contributed by atoms with van der Waals surface area (Å²) in [6, 6.07) is 7.28. The molecule has 2 aromatic rings. The van der Waals surface area contributed by atoms with Gasteiger partial charge in [-0.2, -0.15) is 0 Å². The van der Waals surface area contributed by atoms with Crippen molar-refractivity contribution in [3.05, 3.63) is 51.4 Å². The maximum Gasteiger partial charge on any atom is 0.242 e. The van der Waals surface area contributed by atoms with Crippen molar-refractivity contribution in [2.75, 3.05) is 19.6 Å². The third-order valence-corrected chi connectivity index (χ3v) is 6.98. The Morgan fingerprint density at radius 1 is 1.29 bits per heavy atom. The number of rotatable bonds is 6. The van der Waals surface area contributed by atoms with Crippen molar-refractivity contribution in [3.63, 3.8) is 0 Å². The van der Waals surface area contributed by atoms with Crippen molar-refractivity contribution in [1.82, 2.24) is 9.62 Å². The molecule has 8 heteroatoms. The molecule has 1 aromatic heterocycles. The van der Waals surface area contributed by atoms with Crippen molar-refractivity contribution < 1.29 is 12.8 Å². The molecule has 1 saturated heterocycles. The van der Waals surface area contributed by atoms with Crippen LogP contribution < -0.4 is 4.72 Å². The van der Waals surface area contributed by atoms with Gasteiger partial charge in [0.25, 0.3) is 0 Å². The van der Waals surface area contributed by atoms with Crippen LogP contribution in [0.3, 0.4) is 0 Å². The Balaban J connectivity index is 1.78. The molecule has 0 amide bonds. The molecule has 3 rings (SSSR count). The molecule has 0 aliphatic carbocycles. The Kier molecular flexibility index (Phi) is 5.56. The van der Waals surface area contributed by atoms with Crippen LogP contribution in [0.4, 0.5) is 4.39 Å². The summed E-state index contributed by atoms with van der Waals surface area (Å²) in [6.45, 7) is 2.18. The van der Waals surface area contributed by atoms with E-state index in [9.17, 15) is 12.8 Å². The summed E-state index contributed by atoms with van der Waals surface area (Å²) in [5.41, 5.74) is 0. The van der Waals surface area contributed by atoms with Gasteiger partial charge in [-0.25, -0.2) is 17.5 Å². The van der Waals surface area contributed by atoms with Crippen LogP contribution in [0.2, 0.25) is 5.02 Å². The number of hydrogen-bond donors (Lipinski definition) is 1. The summed E-state index contributed by atoms with van der Waals surface area (Å²) >= 11 is 7.51. The highest BCUT2D eigenvalue weighted by Crippen LogP contribution is 2.29. The number of hydrogen-bond acceptors (Lipinski definition) is 4. The minimum absolute atomic E-state index is 0.00139. The van der Waals surface area contributed by atoms with Gasteiger partial charge in [-0.05, 0) is 55.6 Å². The van der Waals surface area contributed by atoms with E-state index >= 15 is 0 Å². The van der Waals surface area contributed by atoms with Gasteiger partial charge in [0, 0.05) is 11.4 Å². The predicted molar refractivity (Wildman–Crippen MR) is 94.5 cm³/mol. The molecule has 2 heterocycles. The Hall–Kier alpha value is -0.990. The van der Waals surface area contributed by atoms with Crippen LogP contribution in [-0.4, -0.2) is 33.0 Å². The van der Waals surface area contributed by atoms with Crippen LogP contribution >= 0.6 is 22.9 Å². The molecular formula is C16H18ClFN2O2S2. The highest BCUT2D eigenvalue weighted by molar-refractivity contribution is 7.89. The molecule has 24 heavy (non-hydrogen) atoms. The normalized spacial score (nSPS) is 17.2. The smallest absolute Gasteiger partial charge is 0.242 e. The maximum atomic E-state index is 13.1. The van der Waals surface area contributed by atoms with Crippen molar-refractivity contribution in [1.29, 1.82) is 0 Å². The number of sulfonamides is 1. The number of nitrogens with zero attached hydrogens (tertiary/aromatic N) is 1. The molecule has 0 unspecified atom stereocenters. The summed E-state index contributed by atoms with van der Waals surface area (Å²) in [6.07, 6.45) is 2.25. The SMILES string of the molecule is O=S(=O)(NC[C@@H](c1cccs1)N1CCCC1)c1ccc(F)cc1Cl. The largest absolute Gasteiger partial charge is 0.294 e. The van der Waals surface area contributed by atoms with Crippen LogP contribution in [0.5, 0.6) is 0 Å². The first-order chi connectivity index (χ1) is 11.5. The summed E-state index contributed by atoms with van der Waals surface area (Å²) in [4.78, 5) is 3.32. The molecule has 130 valence electrons. The number of nitrogens with one attached hydrogen (secondary N) is 1. The molecule has 4 nitrogen and oxygen atoms in total. The minimum atomic E-state index is -3.79. The van der Waals surface area contributed by atoms with Crippen molar-refractivity contribution in [2.24, 2.45) is 0 Å². The van der Waals surface area contributed by atoms with Gasteiger partial charge in [0.1, 0.15) is 10.7 Å². The monoisotopic (exact) mass is 388 g/mol. The average molecular weight is 389 g/mol. The number of thiophene rings is 1. The molecule has 0 spiro atoms. The summed E-state index contributed by atoms with van der Waals surface area (Å²) in [5.74, 6) is -0.563. The first kappa shape index (κ1) is 17.8. The zero-order chi connectivity index (χ0) is 17.2. The lowest BCUT2D eigenvalue weighted by molar-refractivity contribution is 0.250. The minimum Gasteiger partial charge on any atom is -0.294 e. The molecule has 1 N–H and O–H groups in total. The lowest BCUT2D eigenvalue weighted by Crippen LogP contribution is -2.36. The van der Waals surface area contributed by atoms with E-state index in [-0.39, 0.29) is 22.5 Å². The maximum absolute atomic E-state index is 13.1. The van der Waals surface area contributed by atoms with Gasteiger partial charge in [-0.3, -0.25) is 4.90 Å². The highest BCUT2D eigenvalue weighted by Gasteiger charge is 2.27. The summed E-state index contributed by atoms with van der Waals surface area (Å²) in [7, 11) is -3.79. The van der Waals surface area contributed by atoms with E-state index in [0.29, 0.717) is 0 Å². The van der Waals surface area contributed by atoms with Crippen molar-refractivity contribution in [2.45, 2.75) is 23.8 Å². The molecule has 0 radical (unpaired) electrons. The summed E-state index contributed by atoms with van der Waals surface area (Å²) in [5, 5.41) is 1.88. The molecule has 1 atom stereocenters. The van der Waals surface area contributed by atoms with Gasteiger partial charge in [-0.1, -0.05) is 17.7 Å². The lowest BCUT2D eigenvalue weighted by Gasteiger charge is -2.26. The van der Waals surface area contributed by atoms with Crippen LogP contribution in [-0.2, 0) is 10.0 Å². The number of likely N-dealkylation sites (tertiary alicyclic amines) is 1. The molecule has 0 bridgehead atoms. The van der Waals surface area contributed by atoms with Gasteiger partial charge in [0.15, 0.2) is 0 Å². The molecule has 1 fully saturated rings. The fourth-order valence-corrected chi connectivity index (χ4v) is 5.33. The van der Waals surface area contributed by atoms with Crippen LogP contribution in [0.1, 0.15) is 23.8 Å². The molecule has 1 aliphatic rings. The van der Waals surface area contributed by atoms with Gasteiger partial charge in [0.05, 0.1) is 11.1 Å². The molecule has 1 aliphatic heterocycles. The molecular weight excluding hydrogens is 371 g/mol. The van der Waals surface area contributed by atoms with Crippen LogP contribution in [0, 0.1) is 5.82 Å². The number of benzene rings is 1. The Bertz CT molecular complexity index is 790. The van der Waals surface area contributed by atoms with E-state index in [1.165, 1.54) is 6.07 Å². The van der Waals surface area contributed by atoms with E-state index in [1.54, 1.807) is 11.3 Å². The van der Waals surface area contributed by atoms with E-state index in [2.05, 4.69) is 9.62 Å². The molecule has 0 saturated carbocycles.